The summed E-state index contributed by atoms with van der Waals surface area (Å²) in [5.74, 6) is 1.64. The Kier molecular flexibility index (Phi) is 5.80. The molecule has 0 radical (unpaired) electrons. The predicted molar refractivity (Wildman–Crippen MR) is 85.1 cm³/mol. The Morgan fingerprint density at radius 1 is 1.29 bits per heavy atom. The van der Waals surface area contributed by atoms with Crippen molar-refractivity contribution >= 4 is 17.7 Å². The quantitative estimate of drug-likeness (QED) is 0.798. The molecular formula is C15H20N4OS. The standard InChI is InChI=1S/C15H20N4OS/c1-3-10-16-13(20)9-11-21-15-18-17-14(19(15)2)12-7-5-4-6-8-12/h4-8H,3,9-11H2,1-2H3,(H,16,20). The fraction of sp³-hybridized carbons (Fsp3) is 0.400. The van der Waals surface area contributed by atoms with E-state index in [4.69, 9.17) is 0 Å². The summed E-state index contributed by atoms with van der Waals surface area (Å²) in [7, 11) is 1.95. The molecule has 5 nitrogen and oxygen atoms in total. The third-order valence-electron chi connectivity index (χ3n) is 3.00. The van der Waals surface area contributed by atoms with Crippen LogP contribution >= 0.6 is 11.8 Å². The van der Waals surface area contributed by atoms with Crippen molar-refractivity contribution in [2.75, 3.05) is 12.3 Å². The van der Waals surface area contributed by atoms with E-state index in [2.05, 4.69) is 15.5 Å². The second kappa shape index (κ2) is 7.83. The first kappa shape index (κ1) is 15.6. The number of nitrogens with zero attached hydrogens (tertiary/aromatic N) is 3. The summed E-state index contributed by atoms with van der Waals surface area (Å²) in [6, 6.07) is 9.96. The van der Waals surface area contributed by atoms with E-state index in [1.165, 1.54) is 0 Å². The molecule has 0 saturated heterocycles. The molecule has 6 heteroatoms. The van der Waals surface area contributed by atoms with Gasteiger partial charge in [-0.05, 0) is 6.42 Å². The molecule has 21 heavy (non-hydrogen) atoms. The van der Waals surface area contributed by atoms with Crippen molar-refractivity contribution in [2.24, 2.45) is 7.05 Å². The molecule has 0 unspecified atom stereocenters. The fourth-order valence-electron chi connectivity index (χ4n) is 1.87. The Morgan fingerprint density at radius 3 is 2.76 bits per heavy atom. The minimum Gasteiger partial charge on any atom is -0.356 e. The molecule has 2 rings (SSSR count). The van der Waals surface area contributed by atoms with Crippen LogP contribution in [0.1, 0.15) is 19.8 Å². The molecule has 0 saturated carbocycles. The Labute approximate surface area is 129 Å². The van der Waals surface area contributed by atoms with Crippen molar-refractivity contribution < 1.29 is 4.79 Å². The lowest BCUT2D eigenvalue weighted by atomic mass is 10.2. The van der Waals surface area contributed by atoms with E-state index >= 15 is 0 Å². The summed E-state index contributed by atoms with van der Waals surface area (Å²) >= 11 is 1.55. The van der Waals surface area contributed by atoms with Gasteiger partial charge in [0.2, 0.25) is 5.91 Å². The molecule has 0 aliphatic rings. The van der Waals surface area contributed by atoms with E-state index < -0.39 is 0 Å². The van der Waals surface area contributed by atoms with Crippen molar-refractivity contribution in [1.29, 1.82) is 0 Å². The average molecular weight is 304 g/mol. The van der Waals surface area contributed by atoms with Gasteiger partial charge >= 0.3 is 0 Å². The van der Waals surface area contributed by atoms with Crippen molar-refractivity contribution in [1.82, 2.24) is 20.1 Å². The second-order valence-corrected chi connectivity index (χ2v) is 5.74. The van der Waals surface area contributed by atoms with Gasteiger partial charge in [-0.3, -0.25) is 4.79 Å². The number of hydrogen-bond acceptors (Lipinski definition) is 4. The van der Waals surface area contributed by atoms with Crippen LogP contribution in [-0.2, 0) is 11.8 Å². The van der Waals surface area contributed by atoms with E-state index in [-0.39, 0.29) is 5.91 Å². The van der Waals surface area contributed by atoms with Crippen LogP contribution in [0.5, 0.6) is 0 Å². The molecule has 2 aromatic rings. The number of thioether (sulfide) groups is 1. The van der Waals surface area contributed by atoms with Crippen molar-refractivity contribution in [3.63, 3.8) is 0 Å². The molecule has 0 atom stereocenters. The van der Waals surface area contributed by atoms with E-state index in [9.17, 15) is 4.79 Å². The van der Waals surface area contributed by atoms with Crippen LogP contribution in [0.25, 0.3) is 11.4 Å². The second-order valence-electron chi connectivity index (χ2n) is 4.68. The largest absolute Gasteiger partial charge is 0.356 e. The third-order valence-corrected chi connectivity index (χ3v) is 4.02. The minimum absolute atomic E-state index is 0.0924. The van der Waals surface area contributed by atoms with Gasteiger partial charge in [0.05, 0.1) is 0 Å². The van der Waals surface area contributed by atoms with Crippen LogP contribution in [-0.4, -0.2) is 33.0 Å². The van der Waals surface area contributed by atoms with E-state index in [1.807, 2.05) is 48.9 Å². The van der Waals surface area contributed by atoms with Crippen LogP contribution in [0, 0.1) is 0 Å². The molecular weight excluding hydrogens is 284 g/mol. The number of hydrogen-bond donors (Lipinski definition) is 1. The molecule has 1 aromatic heterocycles. The summed E-state index contributed by atoms with van der Waals surface area (Å²) in [4.78, 5) is 11.5. The topological polar surface area (TPSA) is 59.8 Å². The maximum absolute atomic E-state index is 11.5. The Bertz CT molecular complexity index is 583. The highest BCUT2D eigenvalue weighted by Gasteiger charge is 2.11. The number of amides is 1. The first-order valence-corrected chi connectivity index (χ1v) is 8.05. The van der Waals surface area contributed by atoms with Gasteiger partial charge in [-0.1, -0.05) is 49.0 Å². The highest BCUT2D eigenvalue weighted by molar-refractivity contribution is 7.99. The highest BCUT2D eigenvalue weighted by Crippen LogP contribution is 2.22. The number of aromatic nitrogens is 3. The summed E-state index contributed by atoms with van der Waals surface area (Å²) < 4.78 is 1.96. The fourth-order valence-corrected chi connectivity index (χ4v) is 2.72. The molecule has 0 fully saturated rings. The van der Waals surface area contributed by atoms with Crippen LogP contribution in [0.15, 0.2) is 35.5 Å². The highest BCUT2D eigenvalue weighted by atomic mass is 32.2. The molecule has 0 aliphatic carbocycles. The number of benzene rings is 1. The monoisotopic (exact) mass is 304 g/mol. The third kappa shape index (κ3) is 4.32. The number of rotatable bonds is 7. The zero-order valence-corrected chi connectivity index (χ0v) is 13.2. The van der Waals surface area contributed by atoms with Crippen molar-refractivity contribution in [3.05, 3.63) is 30.3 Å². The maximum atomic E-state index is 11.5. The van der Waals surface area contributed by atoms with Crippen LogP contribution in [0.2, 0.25) is 0 Å². The van der Waals surface area contributed by atoms with Gasteiger partial charge in [0.15, 0.2) is 11.0 Å². The molecule has 1 aromatic carbocycles. The zero-order chi connectivity index (χ0) is 15.1. The van der Waals surface area contributed by atoms with Gasteiger partial charge < -0.3 is 9.88 Å². The Morgan fingerprint density at radius 2 is 2.05 bits per heavy atom. The molecule has 0 aliphatic heterocycles. The van der Waals surface area contributed by atoms with Gasteiger partial charge in [0.1, 0.15) is 0 Å². The van der Waals surface area contributed by atoms with E-state index in [0.717, 1.165) is 29.5 Å². The lowest BCUT2D eigenvalue weighted by Crippen LogP contribution is -2.24. The summed E-state index contributed by atoms with van der Waals surface area (Å²) in [5, 5.41) is 12.1. The molecule has 0 bridgehead atoms. The number of carbonyl (C=O) groups is 1. The maximum Gasteiger partial charge on any atom is 0.220 e. The first-order chi connectivity index (χ1) is 10.2. The predicted octanol–water partition coefficient (Wildman–Crippen LogP) is 2.49. The smallest absolute Gasteiger partial charge is 0.220 e. The summed E-state index contributed by atoms with van der Waals surface area (Å²) in [6.07, 6.45) is 1.46. The van der Waals surface area contributed by atoms with Crippen LogP contribution in [0.4, 0.5) is 0 Å². The molecule has 112 valence electrons. The van der Waals surface area contributed by atoms with E-state index in [1.54, 1.807) is 11.8 Å². The van der Waals surface area contributed by atoms with Crippen LogP contribution < -0.4 is 5.32 Å². The lowest BCUT2D eigenvalue weighted by Gasteiger charge is -2.04. The molecule has 1 heterocycles. The van der Waals surface area contributed by atoms with Gasteiger partial charge in [-0.15, -0.1) is 10.2 Å². The average Bonchev–Trinajstić information content (AvgIpc) is 2.87. The van der Waals surface area contributed by atoms with Gasteiger partial charge in [-0.25, -0.2) is 0 Å². The van der Waals surface area contributed by atoms with Gasteiger partial charge in [0.25, 0.3) is 0 Å². The normalized spacial score (nSPS) is 10.6. The van der Waals surface area contributed by atoms with E-state index in [0.29, 0.717) is 12.2 Å². The van der Waals surface area contributed by atoms with Crippen molar-refractivity contribution in [3.8, 4) is 11.4 Å². The van der Waals surface area contributed by atoms with Crippen molar-refractivity contribution in [2.45, 2.75) is 24.9 Å². The van der Waals surface area contributed by atoms with Gasteiger partial charge in [0, 0.05) is 31.3 Å². The SMILES string of the molecule is CCCNC(=O)CCSc1nnc(-c2ccccc2)n1C. The summed E-state index contributed by atoms with van der Waals surface area (Å²) in [5.41, 5.74) is 1.04. The molecule has 1 amide bonds. The first-order valence-electron chi connectivity index (χ1n) is 7.06. The Balaban J connectivity index is 1.91. The summed E-state index contributed by atoms with van der Waals surface area (Å²) in [6.45, 7) is 2.78. The van der Waals surface area contributed by atoms with Crippen LogP contribution in [0.3, 0.4) is 0 Å². The molecule has 1 N–H and O–H groups in total. The minimum atomic E-state index is 0.0924. The number of carbonyl (C=O) groups excluding carboxylic acids is 1. The lowest BCUT2D eigenvalue weighted by molar-refractivity contribution is -0.120. The zero-order valence-electron chi connectivity index (χ0n) is 12.4. The Hall–Kier alpha value is -1.82. The number of nitrogens with one attached hydrogen (secondary N) is 1. The molecule has 0 spiro atoms. The van der Waals surface area contributed by atoms with Gasteiger partial charge in [-0.2, -0.15) is 0 Å².